The van der Waals surface area contributed by atoms with Gasteiger partial charge in [-0.3, -0.25) is 9.59 Å². The minimum absolute atomic E-state index is 0.0281. The van der Waals surface area contributed by atoms with Crippen LogP contribution < -0.4 is 0 Å². The molecule has 2 heterocycles. The second-order valence-corrected chi connectivity index (χ2v) is 6.41. The Kier molecular flexibility index (Phi) is 5.54. The van der Waals surface area contributed by atoms with Crippen molar-refractivity contribution in [3.63, 3.8) is 0 Å². The lowest BCUT2D eigenvalue weighted by molar-refractivity contribution is -0.391. The summed E-state index contributed by atoms with van der Waals surface area (Å²) < 4.78 is 11.5. The number of rotatable bonds is 5. The summed E-state index contributed by atoms with van der Waals surface area (Å²) in [6, 6.07) is 1.67. The third kappa shape index (κ3) is 3.41. The molecule has 9 nitrogen and oxygen atoms in total. The van der Waals surface area contributed by atoms with E-state index in [0.717, 1.165) is 14.2 Å². The van der Waals surface area contributed by atoms with Crippen LogP contribution in [0.3, 0.4) is 0 Å². The molecule has 0 aliphatic rings. The first-order chi connectivity index (χ1) is 11.3. The number of nitrogens with zero attached hydrogens (tertiary/aromatic N) is 3. The van der Waals surface area contributed by atoms with Crippen molar-refractivity contribution >= 4 is 55.3 Å². The summed E-state index contributed by atoms with van der Waals surface area (Å²) in [5.41, 5.74) is 0.257. The van der Waals surface area contributed by atoms with E-state index in [4.69, 9.17) is 0 Å². The second-order valence-electron chi connectivity index (χ2n) is 4.64. The second kappa shape index (κ2) is 7.26. The van der Waals surface area contributed by atoms with E-state index in [2.05, 4.69) is 46.3 Å². The lowest BCUT2D eigenvalue weighted by Gasteiger charge is -2.10. The van der Waals surface area contributed by atoms with Crippen LogP contribution >= 0.6 is 31.9 Å². The molecular weight excluding hydrogens is 454 g/mol. The maximum absolute atomic E-state index is 11.8. The van der Waals surface area contributed by atoms with Crippen molar-refractivity contribution in [2.75, 3.05) is 14.2 Å². The highest BCUT2D eigenvalue weighted by atomic mass is 79.9. The first-order valence-electron chi connectivity index (χ1n) is 6.46. The van der Waals surface area contributed by atoms with Gasteiger partial charge < -0.3 is 19.6 Å². The van der Waals surface area contributed by atoms with Crippen LogP contribution in [-0.4, -0.2) is 40.5 Å². The zero-order chi connectivity index (χ0) is 18.0. The zero-order valence-electron chi connectivity index (χ0n) is 12.5. The van der Waals surface area contributed by atoms with Gasteiger partial charge in [0.25, 0.3) is 0 Å². The molecule has 0 saturated heterocycles. The van der Waals surface area contributed by atoms with Gasteiger partial charge in [0.2, 0.25) is 5.65 Å². The van der Waals surface area contributed by atoms with E-state index < -0.39 is 22.8 Å². The Labute approximate surface area is 152 Å². The van der Waals surface area contributed by atoms with Gasteiger partial charge in [0.05, 0.1) is 23.2 Å². The number of ether oxygens (including phenoxy) is 2. The smallest absolute Gasteiger partial charge is 0.351 e. The molecule has 2 aromatic rings. The van der Waals surface area contributed by atoms with Crippen LogP contribution in [0.1, 0.15) is 5.69 Å². The van der Waals surface area contributed by atoms with Gasteiger partial charge in [-0.25, -0.2) is 4.98 Å². The number of carbonyl (C=O) groups is 2. The largest absolute Gasteiger partial charge is 0.468 e. The molecule has 0 aliphatic carbocycles. The average Bonchev–Trinajstić information content (AvgIpc) is 2.89. The zero-order valence-corrected chi connectivity index (χ0v) is 15.7. The van der Waals surface area contributed by atoms with Crippen molar-refractivity contribution in [3.8, 4) is 0 Å². The molecule has 0 aromatic carbocycles. The normalized spacial score (nSPS) is 10.9. The first kappa shape index (κ1) is 18.3. The van der Waals surface area contributed by atoms with E-state index >= 15 is 0 Å². The van der Waals surface area contributed by atoms with Gasteiger partial charge in [0, 0.05) is 6.42 Å². The Hall–Kier alpha value is -2.01. The topological polar surface area (TPSA) is 113 Å². The number of pyridine rings is 1. The molecule has 0 bridgehead atoms. The molecule has 24 heavy (non-hydrogen) atoms. The summed E-state index contributed by atoms with van der Waals surface area (Å²) in [6.07, 6.45) is 1.15. The highest BCUT2D eigenvalue weighted by molar-refractivity contribution is 9.11. The Balaban J connectivity index is 2.60. The predicted octanol–water partition coefficient (Wildman–Crippen LogP) is 2.27. The fourth-order valence-corrected chi connectivity index (χ4v) is 3.45. The van der Waals surface area contributed by atoms with Crippen LogP contribution in [-0.2, 0) is 25.5 Å². The predicted molar refractivity (Wildman–Crippen MR) is 88.5 cm³/mol. The van der Waals surface area contributed by atoms with Crippen molar-refractivity contribution in [2.24, 2.45) is 5.92 Å². The summed E-state index contributed by atoms with van der Waals surface area (Å²) in [4.78, 5) is 38.6. The summed E-state index contributed by atoms with van der Waals surface area (Å²) in [7, 11) is 2.23. The van der Waals surface area contributed by atoms with Gasteiger partial charge in [0.1, 0.15) is 11.9 Å². The van der Waals surface area contributed by atoms with E-state index in [-0.39, 0.29) is 23.6 Å². The SMILES string of the molecule is COC(=O)C(Cc1nc2c(Br)cc(Br)cn2c1[N+](=O)[O-])C(=O)OC. The molecule has 0 unspecified atom stereocenters. The molecule has 0 atom stereocenters. The Morgan fingerprint density at radius 1 is 1.33 bits per heavy atom. The van der Waals surface area contributed by atoms with E-state index in [0.29, 0.717) is 8.95 Å². The number of methoxy groups -OCH3 is 2. The molecule has 11 heteroatoms. The number of esters is 2. The van der Waals surface area contributed by atoms with E-state index in [1.807, 2.05) is 0 Å². The van der Waals surface area contributed by atoms with Crippen molar-refractivity contribution in [2.45, 2.75) is 6.42 Å². The van der Waals surface area contributed by atoms with Crippen LogP contribution in [0, 0.1) is 16.0 Å². The summed E-state index contributed by atoms with van der Waals surface area (Å²) >= 11 is 6.52. The third-order valence-electron chi connectivity index (χ3n) is 3.23. The number of imidazole rings is 1. The fourth-order valence-electron chi connectivity index (χ4n) is 2.18. The summed E-state index contributed by atoms with van der Waals surface area (Å²) in [5, 5.41) is 11.5. The molecular formula is C13H11Br2N3O6. The van der Waals surface area contributed by atoms with Gasteiger partial charge >= 0.3 is 17.8 Å². The molecule has 0 amide bonds. The Bertz CT molecular complexity index is 819. The van der Waals surface area contributed by atoms with Crippen LogP contribution in [0.4, 0.5) is 5.82 Å². The van der Waals surface area contributed by atoms with E-state index in [1.54, 1.807) is 6.07 Å². The molecule has 128 valence electrons. The molecule has 0 spiro atoms. The molecule has 0 saturated carbocycles. The first-order valence-corrected chi connectivity index (χ1v) is 8.04. The average molecular weight is 465 g/mol. The summed E-state index contributed by atoms with van der Waals surface area (Å²) in [6.45, 7) is 0. The standard InChI is InChI=1S/C13H11Br2N3O6/c1-23-12(19)7(13(20)24-2)4-9-11(18(21)22)17-5-6(14)3-8(15)10(17)16-9/h3,5,7H,4H2,1-2H3. The molecule has 0 radical (unpaired) electrons. The van der Waals surface area contributed by atoms with Crippen molar-refractivity contribution in [3.05, 3.63) is 37.0 Å². The van der Waals surface area contributed by atoms with Crippen molar-refractivity contribution < 1.29 is 24.0 Å². The van der Waals surface area contributed by atoms with Crippen LogP contribution in [0.25, 0.3) is 5.65 Å². The maximum Gasteiger partial charge on any atom is 0.351 e. The van der Waals surface area contributed by atoms with Crippen LogP contribution in [0.2, 0.25) is 0 Å². The molecule has 2 aromatic heterocycles. The molecule has 2 rings (SSSR count). The fraction of sp³-hybridized carbons (Fsp3) is 0.308. The number of hydrogen-bond acceptors (Lipinski definition) is 7. The van der Waals surface area contributed by atoms with Crippen LogP contribution in [0.5, 0.6) is 0 Å². The molecule has 0 aliphatic heterocycles. The Morgan fingerprint density at radius 2 is 1.92 bits per heavy atom. The summed E-state index contributed by atoms with van der Waals surface area (Å²) in [5.74, 6) is -3.39. The quantitative estimate of drug-likeness (QED) is 0.288. The minimum atomic E-state index is -1.34. The highest BCUT2D eigenvalue weighted by Gasteiger charge is 2.34. The number of hydrogen-bond donors (Lipinski definition) is 0. The minimum Gasteiger partial charge on any atom is -0.468 e. The monoisotopic (exact) mass is 463 g/mol. The number of nitro groups is 1. The van der Waals surface area contributed by atoms with Gasteiger partial charge in [0.15, 0.2) is 5.92 Å². The van der Waals surface area contributed by atoms with Crippen LogP contribution in [0.15, 0.2) is 21.2 Å². The van der Waals surface area contributed by atoms with Gasteiger partial charge in [-0.2, -0.15) is 4.40 Å². The Morgan fingerprint density at radius 3 is 2.42 bits per heavy atom. The maximum atomic E-state index is 11.8. The van der Waals surface area contributed by atoms with Gasteiger partial charge in [-0.1, -0.05) is 0 Å². The van der Waals surface area contributed by atoms with Crippen molar-refractivity contribution in [1.29, 1.82) is 0 Å². The lowest BCUT2D eigenvalue weighted by atomic mass is 10.0. The van der Waals surface area contributed by atoms with Gasteiger partial charge in [-0.05, 0) is 42.8 Å². The number of carbonyl (C=O) groups excluding carboxylic acids is 2. The number of halogens is 2. The third-order valence-corrected chi connectivity index (χ3v) is 4.25. The molecule has 0 fully saturated rings. The lowest BCUT2D eigenvalue weighted by Crippen LogP contribution is -2.28. The number of aromatic nitrogens is 2. The molecule has 0 N–H and O–H groups in total. The highest BCUT2D eigenvalue weighted by Crippen LogP contribution is 2.30. The van der Waals surface area contributed by atoms with E-state index in [9.17, 15) is 19.7 Å². The van der Waals surface area contributed by atoms with Crippen molar-refractivity contribution in [1.82, 2.24) is 9.38 Å². The number of fused-ring (bicyclic) bond motifs is 1. The van der Waals surface area contributed by atoms with Gasteiger partial charge in [-0.15, -0.1) is 0 Å². The van der Waals surface area contributed by atoms with E-state index in [1.165, 1.54) is 10.6 Å².